The molecule has 0 aliphatic rings. The first-order chi connectivity index (χ1) is 14.7. The van der Waals surface area contributed by atoms with Crippen molar-refractivity contribution in [1.29, 1.82) is 0 Å². The molecule has 0 saturated heterocycles. The van der Waals surface area contributed by atoms with E-state index in [1.165, 1.54) is 24.1 Å². The third-order valence-electron chi connectivity index (χ3n) is 3.28. The third-order valence-corrected chi connectivity index (χ3v) is 4.02. The quantitative estimate of drug-likeness (QED) is 0.579. The maximum absolute atomic E-state index is 12.0. The molecule has 0 unspecified atom stereocenters. The molecule has 172 valence electrons. The molecule has 2 aromatic heterocycles. The van der Waals surface area contributed by atoms with Gasteiger partial charge in [-0.25, -0.2) is 27.6 Å². The highest BCUT2D eigenvalue weighted by atomic mass is 32.2. The van der Waals surface area contributed by atoms with E-state index in [9.17, 15) is 18.0 Å². The third kappa shape index (κ3) is 9.09. The number of hydrogen-bond acceptors (Lipinski definition) is 7. The molecule has 0 spiro atoms. The Bertz CT molecular complexity index is 1110. The Morgan fingerprint density at radius 1 is 1.19 bits per heavy atom. The van der Waals surface area contributed by atoms with Crippen LogP contribution in [0.4, 0.5) is 0 Å². The van der Waals surface area contributed by atoms with Crippen LogP contribution in [0.5, 0.6) is 0 Å². The number of rotatable bonds is 4. The van der Waals surface area contributed by atoms with Crippen molar-refractivity contribution in [1.82, 2.24) is 24.5 Å². The van der Waals surface area contributed by atoms with E-state index in [0.717, 1.165) is 6.26 Å². The number of benzene rings is 1. The fraction of sp³-hybridized carbons (Fsp3) is 0.400. The fourth-order valence-corrected chi connectivity index (χ4v) is 1.94. The molecule has 0 amide bonds. The number of sulfonamides is 1. The van der Waals surface area contributed by atoms with Gasteiger partial charge in [-0.05, 0) is 26.1 Å². The van der Waals surface area contributed by atoms with Gasteiger partial charge in [0.25, 0.3) is 5.56 Å². The zero-order chi connectivity index (χ0) is 24.0. The second-order valence-electron chi connectivity index (χ2n) is 5.28. The molecule has 0 fully saturated rings. The van der Waals surface area contributed by atoms with Gasteiger partial charge in [0.05, 0.1) is 35.5 Å². The van der Waals surface area contributed by atoms with Crippen LogP contribution >= 0.6 is 0 Å². The molecule has 31 heavy (non-hydrogen) atoms. The zero-order valence-corrected chi connectivity index (χ0v) is 19.8. The summed E-state index contributed by atoms with van der Waals surface area (Å²) in [6, 6.07) is 7.00. The van der Waals surface area contributed by atoms with Crippen molar-refractivity contribution in [3.8, 4) is 5.95 Å². The van der Waals surface area contributed by atoms with Crippen molar-refractivity contribution >= 4 is 26.9 Å². The lowest BCUT2D eigenvalue weighted by Gasteiger charge is -2.02. The lowest BCUT2D eigenvalue weighted by molar-refractivity contribution is 0.0526. The number of nitrogens with one attached hydrogen (secondary N) is 2. The number of H-pyrrole nitrogens is 1. The summed E-state index contributed by atoms with van der Waals surface area (Å²) in [7, 11) is -1.54. The van der Waals surface area contributed by atoms with E-state index in [1.54, 1.807) is 31.2 Å². The summed E-state index contributed by atoms with van der Waals surface area (Å²) in [5.41, 5.74) is 0.598. The number of nitrogens with zero attached hydrogens (tertiary/aromatic N) is 3. The minimum atomic E-state index is -2.91. The topological polar surface area (TPSA) is 136 Å². The van der Waals surface area contributed by atoms with Crippen LogP contribution in [0.25, 0.3) is 16.9 Å². The second-order valence-corrected chi connectivity index (χ2v) is 7.23. The minimum Gasteiger partial charge on any atom is -0.462 e. The zero-order valence-electron chi connectivity index (χ0n) is 19.0. The molecule has 0 radical (unpaired) electrons. The van der Waals surface area contributed by atoms with Gasteiger partial charge in [0.15, 0.2) is 0 Å². The van der Waals surface area contributed by atoms with Gasteiger partial charge >= 0.3 is 5.97 Å². The molecule has 0 aliphatic heterocycles. The first kappa shape index (κ1) is 27.9. The monoisotopic (exact) mass is 453 g/mol. The van der Waals surface area contributed by atoms with E-state index in [1.807, 2.05) is 27.7 Å². The van der Waals surface area contributed by atoms with Crippen LogP contribution in [0.2, 0.25) is 0 Å². The van der Waals surface area contributed by atoms with E-state index in [2.05, 4.69) is 19.8 Å². The smallest absolute Gasteiger partial charge is 0.341 e. The van der Waals surface area contributed by atoms with Crippen LogP contribution in [0.3, 0.4) is 0 Å². The Morgan fingerprint density at radius 3 is 2.32 bits per heavy atom. The Labute approximate surface area is 182 Å². The molecule has 0 atom stereocenters. The van der Waals surface area contributed by atoms with Crippen LogP contribution in [0.15, 0.2) is 41.5 Å². The summed E-state index contributed by atoms with van der Waals surface area (Å²) >= 11 is 0. The number of carbonyl (C=O) groups excluding carboxylic acids is 1. The van der Waals surface area contributed by atoms with Gasteiger partial charge in [-0.3, -0.25) is 9.78 Å². The number of carbonyl (C=O) groups is 1. The van der Waals surface area contributed by atoms with Crippen LogP contribution in [-0.4, -0.2) is 54.0 Å². The van der Waals surface area contributed by atoms with Crippen molar-refractivity contribution in [2.24, 2.45) is 0 Å². The van der Waals surface area contributed by atoms with Crippen molar-refractivity contribution in [2.45, 2.75) is 34.6 Å². The van der Waals surface area contributed by atoms with Crippen molar-refractivity contribution < 1.29 is 17.9 Å². The molecule has 2 N–H and O–H groups in total. The number of aromatic nitrogens is 4. The molecule has 3 rings (SSSR count). The number of ether oxygens (including phenoxy) is 1. The first-order valence-electron chi connectivity index (χ1n) is 9.85. The van der Waals surface area contributed by atoms with E-state index >= 15 is 0 Å². The molecule has 0 saturated carbocycles. The highest BCUT2D eigenvalue weighted by molar-refractivity contribution is 7.88. The summed E-state index contributed by atoms with van der Waals surface area (Å²) in [6.45, 7) is 10.0. The number of fused-ring (bicyclic) bond motifs is 1. The van der Waals surface area contributed by atoms with Gasteiger partial charge < -0.3 is 4.74 Å². The van der Waals surface area contributed by atoms with Crippen LogP contribution in [0, 0.1) is 0 Å². The summed E-state index contributed by atoms with van der Waals surface area (Å²) in [4.78, 5) is 30.5. The number of aromatic amines is 1. The van der Waals surface area contributed by atoms with Crippen molar-refractivity contribution in [2.75, 3.05) is 19.9 Å². The average Bonchev–Trinajstić information content (AvgIpc) is 3.27. The molecule has 1 aromatic carbocycles. The average molecular weight is 454 g/mol. The standard InChI is InChI=1S/C14H12N4O3.C2H7NO2S.2C2H6/c1-2-21-13(20)9-7-15-18(8-9)14-16-11-6-4-3-5-10(11)12(19)17-14;1-3-6(2,4)5;2*1-2/h3-8H,2H2,1H3,(H,16,17,19);3H,1-2H3;2*1-2H3. The van der Waals surface area contributed by atoms with Gasteiger partial charge in [-0.2, -0.15) is 5.10 Å². The van der Waals surface area contributed by atoms with E-state index in [0.29, 0.717) is 16.5 Å². The largest absolute Gasteiger partial charge is 0.462 e. The second kappa shape index (κ2) is 14.0. The van der Waals surface area contributed by atoms with Gasteiger partial charge in [0, 0.05) is 6.20 Å². The maximum atomic E-state index is 12.0. The Balaban J connectivity index is 0.000000771. The number of esters is 1. The molecular weight excluding hydrogens is 422 g/mol. The molecule has 3 aromatic rings. The predicted molar refractivity (Wildman–Crippen MR) is 122 cm³/mol. The maximum Gasteiger partial charge on any atom is 0.341 e. The van der Waals surface area contributed by atoms with Crippen LogP contribution < -0.4 is 10.3 Å². The van der Waals surface area contributed by atoms with Gasteiger partial charge in [-0.1, -0.05) is 39.8 Å². The predicted octanol–water partition coefficient (Wildman–Crippen LogP) is 2.50. The van der Waals surface area contributed by atoms with Gasteiger partial charge in [-0.15, -0.1) is 0 Å². The molecule has 10 nitrogen and oxygen atoms in total. The summed E-state index contributed by atoms with van der Waals surface area (Å²) in [5.74, 6) is -0.221. The van der Waals surface area contributed by atoms with Gasteiger partial charge in [0.2, 0.25) is 16.0 Å². The molecule has 11 heteroatoms. The summed E-state index contributed by atoms with van der Waals surface area (Å²) < 4.78 is 28.1. The normalized spacial score (nSPS) is 9.90. The highest BCUT2D eigenvalue weighted by Gasteiger charge is 2.12. The SMILES string of the molecule is CC.CC.CCOC(=O)c1cnn(-c2nc3ccccc3c(=O)[nH]2)c1.CNS(C)(=O)=O. The van der Waals surface area contributed by atoms with Crippen LogP contribution in [-0.2, 0) is 14.8 Å². The minimum absolute atomic E-state index is 0.245. The Hall–Kier alpha value is -3.05. The highest BCUT2D eigenvalue weighted by Crippen LogP contribution is 2.09. The Morgan fingerprint density at radius 2 is 1.77 bits per heavy atom. The number of para-hydroxylation sites is 1. The Kier molecular flexibility index (Phi) is 12.7. The molecule has 0 aliphatic carbocycles. The van der Waals surface area contributed by atoms with Crippen LogP contribution in [0.1, 0.15) is 45.0 Å². The number of hydrogen-bond donors (Lipinski definition) is 2. The molecule has 0 bridgehead atoms. The molecular formula is C20H31N5O5S. The fourth-order valence-electron chi connectivity index (χ4n) is 1.94. The first-order valence-corrected chi connectivity index (χ1v) is 11.7. The van der Waals surface area contributed by atoms with E-state index in [4.69, 9.17) is 4.74 Å². The van der Waals surface area contributed by atoms with E-state index < -0.39 is 16.0 Å². The lowest BCUT2D eigenvalue weighted by atomic mass is 10.2. The van der Waals surface area contributed by atoms with Crippen molar-refractivity contribution in [3.05, 3.63) is 52.6 Å². The summed E-state index contributed by atoms with van der Waals surface area (Å²) in [5, 5.41) is 4.52. The van der Waals surface area contributed by atoms with Gasteiger partial charge in [0.1, 0.15) is 0 Å². The summed E-state index contributed by atoms with van der Waals surface area (Å²) in [6.07, 6.45) is 3.94. The van der Waals surface area contributed by atoms with Crippen molar-refractivity contribution in [3.63, 3.8) is 0 Å². The van der Waals surface area contributed by atoms with E-state index in [-0.39, 0.29) is 18.1 Å². The lowest BCUT2D eigenvalue weighted by Crippen LogP contribution is -2.15. The molecule has 2 heterocycles.